The first-order valence-electron chi connectivity index (χ1n) is 6.44. The van der Waals surface area contributed by atoms with E-state index < -0.39 is 0 Å². The van der Waals surface area contributed by atoms with Crippen molar-refractivity contribution in [3.05, 3.63) is 70.4 Å². The van der Waals surface area contributed by atoms with Crippen LogP contribution in [0.25, 0.3) is 10.9 Å². The second-order valence-corrected chi connectivity index (χ2v) is 5.20. The molecule has 0 fully saturated rings. The number of hydrogen-bond acceptors (Lipinski definition) is 2. The fourth-order valence-corrected chi connectivity index (χ4v) is 2.58. The largest absolute Gasteiger partial charge is 0.343 e. The van der Waals surface area contributed by atoms with Crippen molar-refractivity contribution >= 4 is 28.8 Å². The lowest BCUT2D eigenvalue weighted by Gasteiger charge is -2.08. The summed E-state index contributed by atoms with van der Waals surface area (Å²) in [4.78, 5) is 10.9. The molecule has 0 spiro atoms. The zero-order chi connectivity index (χ0) is 14.8. The molecule has 0 unspecified atom stereocenters. The Morgan fingerprint density at radius 1 is 1.19 bits per heavy atom. The van der Waals surface area contributed by atoms with Crippen LogP contribution in [0.1, 0.15) is 21.5 Å². The van der Waals surface area contributed by atoms with Gasteiger partial charge in [-0.25, -0.2) is 0 Å². The molecule has 3 rings (SSSR count). The molecule has 4 heteroatoms. The summed E-state index contributed by atoms with van der Waals surface area (Å²) in [5.41, 5.74) is 3.11. The molecule has 0 aliphatic carbocycles. The number of fused-ring (bicyclic) bond motifs is 1. The SMILES string of the molecule is N#Cc1ccc(Cn2ccc3ccc(C=O)cc32)c(Cl)c1. The molecule has 0 N–H and O–H groups in total. The van der Waals surface area contributed by atoms with E-state index >= 15 is 0 Å². The molecule has 0 atom stereocenters. The summed E-state index contributed by atoms with van der Waals surface area (Å²) >= 11 is 6.21. The second-order valence-electron chi connectivity index (χ2n) is 4.80. The van der Waals surface area contributed by atoms with Crippen molar-refractivity contribution in [1.82, 2.24) is 4.57 Å². The number of halogens is 1. The van der Waals surface area contributed by atoms with E-state index in [1.165, 1.54) is 0 Å². The number of carbonyl (C=O) groups is 1. The molecule has 1 aromatic heterocycles. The Balaban J connectivity index is 2.02. The first kappa shape index (κ1) is 13.4. The molecule has 0 radical (unpaired) electrons. The van der Waals surface area contributed by atoms with Crippen LogP contribution in [0.15, 0.2) is 48.7 Å². The van der Waals surface area contributed by atoms with Gasteiger partial charge < -0.3 is 4.57 Å². The van der Waals surface area contributed by atoms with Gasteiger partial charge in [-0.15, -0.1) is 0 Å². The van der Waals surface area contributed by atoms with Gasteiger partial charge in [0.15, 0.2) is 0 Å². The molecule has 21 heavy (non-hydrogen) atoms. The van der Waals surface area contributed by atoms with Gasteiger partial charge in [0.1, 0.15) is 6.29 Å². The second kappa shape index (κ2) is 5.43. The summed E-state index contributed by atoms with van der Waals surface area (Å²) in [5, 5.41) is 10.5. The first-order chi connectivity index (χ1) is 10.2. The van der Waals surface area contributed by atoms with Crippen molar-refractivity contribution in [1.29, 1.82) is 5.26 Å². The summed E-state index contributed by atoms with van der Waals surface area (Å²) in [5.74, 6) is 0. The van der Waals surface area contributed by atoms with E-state index in [1.54, 1.807) is 18.2 Å². The van der Waals surface area contributed by atoms with Gasteiger partial charge in [0, 0.05) is 28.8 Å². The van der Waals surface area contributed by atoms with Crippen LogP contribution in [-0.2, 0) is 6.54 Å². The predicted molar refractivity (Wildman–Crippen MR) is 82.6 cm³/mol. The zero-order valence-electron chi connectivity index (χ0n) is 11.1. The first-order valence-corrected chi connectivity index (χ1v) is 6.81. The van der Waals surface area contributed by atoms with Gasteiger partial charge in [-0.05, 0) is 35.2 Å². The van der Waals surface area contributed by atoms with E-state index in [2.05, 4.69) is 6.07 Å². The van der Waals surface area contributed by atoms with E-state index in [0.29, 0.717) is 22.7 Å². The van der Waals surface area contributed by atoms with Crippen LogP contribution >= 0.6 is 11.6 Å². The van der Waals surface area contributed by atoms with Crippen molar-refractivity contribution in [2.75, 3.05) is 0 Å². The number of aromatic nitrogens is 1. The highest BCUT2D eigenvalue weighted by atomic mass is 35.5. The van der Waals surface area contributed by atoms with E-state index in [1.807, 2.05) is 35.0 Å². The van der Waals surface area contributed by atoms with Gasteiger partial charge in [0.05, 0.1) is 11.6 Å². The number of nitrogens with zero attached hydrogens (tertiary/aromatic N) is 2. The van der Waals surface area contributed by atoms with Crippen LogP contribution in [0.3, 0.4) is 0 Å². The monoisotopic (exact) mass is 294 g/mol. The van der Waals surface area contributed by atoms with Crippen molar-refractivity contribution in [2.45, 2.75) is 6.54 Å². The lowest BCUT2D eigenvalue weighted by atomic mass is 10.1. The Labute approximate surface area is 127 Å². The molecule has 0 saturated heterocycles. The Bertz CT molecular complexity index is 874. The van der Waals surface area contributed by atoms with Crippen molar-refractivity contribution in [2.24, 2.45) is 0 Å². The number of nitriles is 1. The molecule has 102 valence electrons. The van der Waals surface area contributed by atoms with Crippen molar-refractivity contribution in [3.8, 4) is 6.07 Å². The van der Waals surface area contributed by atoms with Gasteiger partial charge in [-0.3, -0.25) is 4.79 Å². The van der Waals surface area contributed by atoms with E-state index in [4.69, 9.17) is 16.9 Å². The van der Waals surface area contributed by atoms with Gasteiger partial charge in [-0.1, -0.05) is 29.8 Å². The molecular weight excluding hydrogens is 284 g/mol. The minimum absolute atomic E-state index is 0.546. The fourth-order valence-electron chi connectivity index (χ4n) is 2.34. The number of benzene rings is 2. The van der Waals surface area contributed by atoms with Crippen LogP contribution in [-0.4, -0.2) is 10.9 Å². The molecule has 0 bridgehead atoms. The third-order valence-electron chi connectivity index (χ3n) is 3.46. The maximum atomic E-state index is 10.9. The highest BCUT2D eigenvalue weighted by Gasteiger charge is 2.06. The van der Waals surface area contributed by atoms with Gasteiger partial charge in [-0.2, -0.15) is 5.26 Å². The molecule has 0 aliphatic heterocycles. The van der Waals surface area contributed by atoms with Crippen LogP contribution < -0.4 is 0 Å². The van der Waals surface area contributed by atoms with E-state index in [-0.39, 0.29) is 0 Å². The third-order valence-corrected chi connectivity index (χ3v) is 3.81. The van der Waals surface area contributed by atoms with Crippen LogP contribution in [0.5, 0.6) is 0 Å². The van der Waals surface area contributed by atoms with E-state index in [0.717, 1.165) is 22.8 Å². The Hall–Kier alpha value is -2.57. The topological polar surface area (TPSA) is 45.8 Å². The quantitative estimate of drug-likeness (QED) is 0.685. The van der Waals surface area contributed by atoms with Crippen molar-refractivity contribution in [3.63, 3.8) is 0 Å². The molecule has 0 aliphatic rings. The van der Waals surface area contributed by atoms with Crippen molar-refractivity contribution < 1.29 is 4.79 Å². The summed E-state index contributed by atoms with van der Waals surface area (Å²) < 4.78 is 2.04. The molecular formula is C17H11ClN2O. The minimum Gasteiger partial charge on any atom is -0.343 e. The molecule has 1 heterocycles. The Morgan fingerprint density at radius 3 is 2.76 bits per heavy atom. The fraction of sp³-hybridized carbons (Fsp3) is 0.0588. The highest BCUT2D eigenvalue weighted by Crippen LogP contribution is 2.22. The third kappa shape index (κ3) is 2.54. The lowest BCUT2D eigenvalue weighted by molar-refractivity contribution is 0.112. The summed E-state index contributed by atoms with van der Waals surface area (Å²) in [6.07, 6.45) is 2.80. The van der Waals surface area contributed by atoms with Gasteiger partial charge >= 0.3 is 0 Å². The number of carbonyl (C=O) groups excluding carboxylic acids is 1. The molecule has 2 aromatic carbocycles. The molecule has 3 aromatic rings. The number of hydrogen-bond donors (Lipinski definition) is 0. The van der Waals surface area contributed by atoms with Gasteiger partial charge in [0.2, 0.25) is 0 Å². The molecule has 3 nitrogen and oxygen atoms in total. The minimum atomic E-state index is 0.546. The maximum absolute atomic E-state index is 10.9. The predicted octanol–water partition coefficient (Wildman–Crippen LogP) is 4.03. The lowest BCUT2D eigenvalue weighted by Crippen LogP contribution is -1.99. The summed E-state index contributed by atoms with van der Waals surface area (Å²) in [6, 6.07) is 14.9. The average Bonchev–Trinajstić information content (AvgIpc) is 2.91. The normalized spacial score (nSPS) is 10.5. The Kier molecular flexibility index (Phi) is 3.47. The van der Waals surface area contributed by atoms with Crippen LogP contribution in [0.2, 0.25) is 5.02 Å². The zero-order valence-corrected chi connectivity index (χ0v) is 11.8. The van der Waals surface area contributed by atoms with Gasteiger partial charge in [0.25, 0.3) is 0 Å². The van der Waals surface area contributed by atoms with Crippen LogP contribution in [0, 0.1) is 11.3 Å². The summed E-state index contributed by atoms with van der Waals surface area (Å²) in [7, 11) is 0. The van der Waals surface area contributed by atoms with Crippen LogP contribution in [0.4, 0.5) is 0 Å². The Morgan fingerprint density at radius 2 is 2.05 bits per heavy atom. The summed E-state index contributed by atoms with van der Waals surface area (Å²) in [6.45, 7) is 0.594. The number of rotatable bonds is 3. The molecule has 0 saturated carbocycles. The smallest absolute Gasteiger partial charge is 0.150 e. The average molecular weight is 295 g/mol. The standard InChI is InChI=1S/C17H11ClN2O/c18-16-7-12(9-19)1-4-15(16)10-20-6-5-14-3-2-13(11-21)8-17(14)20/h1-8,11H,10H2. The number of aldehydes is 1. The maximum Gasteiger partial charge on any atom is 0.150 e. The molecule has 0 amide bonds. The van der Waals surface area contributed by atoms with E-state index in [9.17, 15) is 4.79 Å². The highest BCUT2D eigenvalue weighted by molar-refractivity contribution is 6.31.